The molecule has 14 heavy (non-hydrogen) atoms. The van der Waals surface area contributed by atoms with E-state index in [4.69, 9.17) is 5.11 Å². The molecule has 1 saturated carbocycles. The zero-order valence-electron chi connectivity index (χ0n) is 8.51. The van der Waals surface area contributed by atoms with Crippen LogP contribution in [0.25, 0.3) is 0 Å². The van der Waals surface area contributed by atoms with Crippen molar-refractivity contribution in [3.05, 3.63) is 0 Å². The number of rotatable bonds is 4. The quantitative estimate of drug-likeness (QED) is 0.717. The Hall–Kier alpha value is -1.06. The van der Waals surface area contributed by atoms with Gasteiger partial charge in [0.1, 0.15) is 0 Å². The Bertz CT molecular complexity index is 232. The molecule has 0 aromatic carbocycles. The molecular weight excluding hydrogens is 182 g/mol. The maximum absolute atomic E-state index is 11.3. The van der Waals surface area contributed by atoms with E-state index in [0.29, 0.717) is 0 Å². The van der Waals surface area contributed by atoms with Gasteiger partial charge in [0.25, 0.3) is 0 Å². The summed E-state index contributed by atoms with van der Waals surface area (Å²) in [4.78, 5) is 21.6. The monoisotopic (exact) mass is 199 g/mol. The Morgan fingerprint density at radius 3 is 2.36 bits per heavy atom. The second kappa shape index (κ2) is 4.44. The lowest BCUT2D eigenvalue weighted by atomic mass is 10.0. The van der Waals surface area contributed by atoms with Gasteiger partial charge in [0.15, 0.2) is 0 Å². The summed E-state index contributed by atoms with van der Waals surface area (Å²) in [5.74, 6) is -1.06. The molecule has 1 amide bonds. The Balaban J connectivity index is 2.29. The maximum atomic E-state index is 11.3. The topological polar surface area (TPSA) is 66.4 Å². The van der Waals surface area contributed by atoms with Crippen LogP contribution in [0.2, 0.25) is 0 Å². The van der Waals surface area contributed by atoms with Crippen molar-refractivity contribution in [3.8, 4) is 0 Å². The van der Waals surface area contributed by atoms with Crippen molar-refractivity contribution in [1.82, 2.24) is 5.32 Å². The van der Waals surface area contributed by atoms with E-state index in [0.717, 1.165) is 25.7 Å². The smallest absolute Gasteiger partial charge is 0.303 e. The molecule has 0 atom stereocenters. The summed E-state index contributed by atoms with van der Waals surface area (Å²) in [6.45, 7) is 2.03. The van der Waals surface area contributed by atoms with Crippen LogP contribution in [0.4, 0.5) is 0 Å². The molecule has 2 N–H and O–H groups in total. The number of aliphatic carboxylic acids is 1. The normalized spacial score (nSPS) is 19.2. The van der Waals surface area contributed by atoms with Gasteiger partial charge in [-0.3, -0.25) is 9.59 Å². The van der Waals surface area contributed by atoms with Gasteiger partial charge in [-0.15, -0.1) is 0 Å². The first kappa shape index (κ1) is 11.0. The summed E-state index contributed by atoms with van der Waals surface area (Å²) in [6.07, 6.45) is 4.32. The van der Waals surface area contributed by atoms with Crippen LogP contribution in [0, 0.1) is 0 Å². The number of carboxylic acid groups (broad SMARTS) is 1. The molecule has 0 aromatic rings. The predicted octanol–water partition coefficient (Wildman–Crippen LogP) is 1.30. The van der Waals surface area contributed by atoms with Crippen LogP contribution < -0.4 is 5.32 Å². The Labute approximate surface area is 83.7 Å². The molecule has 4 nitrogen and oxygen atoms in total. The van der Waals surface area contributed by atoms with E-state index in [1.54, 1.807) is 0 Å². The fourth-order valence-electron chi connectivity index (χ4n) is 1.90. The second-order valence-electron chi connectivity index (χ2n) is 4.21. The summed E-state index contributed by atoms with van der Waals surface area (Å²) in [5, 5.41) is 11.3. The zero-order chi connectivity index (χ0) is 10.6. The van der Waals surface area contributed by atoms with E-state index in [-0.39, 0.29) is 24.3 Å². The van der Waals surface area contributed by atoms with Crippen LogP contribution in [0.1, 0.15) is 45.4 Å². The number of carbonyl (C=O) groups excluding carboxylic acids is 1. The van der Waals surface area contributed by atoms with E-state index < -0.39 is 5.97 Å². The largest absolute Gasteiger partial charge is 0.481 e. The van der Waals surface area contributed by atoms with Crippen molar-refractivity contribution in [3.63, 3.8) is 0 Å². The maximum Gasteiger partial charge on any atom is 0.303 e. The highest BCUT2D eigenvalue weighted by molar-refractivity contribution is 5.81. The van der Waals surface area contributed by atoms with Gasteiger partial charge in [0.2, 0.25) is 5.91 Å². The molecule has 1 aliphatic carbocycles. The van der Waals surface area contributed by atoms with Crippen molar-refractivity contribution >= 4 is 11.9 Å². The summed E-state index contributed by atoms with van der Waals surface area (Å²) in [6, 6.07) is 0. The SMILES string of the molecule is CC1(NC(=O)CCC(=O)O)CCCC1. The Morgan fingerprint density at radius 1 is 1.29 bits per heavy atom. The lowest BCUT2D eigenvalue weighted by Crippen LogP contribution is -2.43. The van der Waals surface area contributed by atoms with Gasteiger partial charge in [0, 0.05) is 12.0 Å². The predicted molar refractivity (Wildman–Crippen MR) is 51.9 cm³/mol. The molecule has 0 saturated heterocycles. The van der Waals surface area contributed by atoms with Crippen molar-refractivity contribution in [2.45, 2.75) is 51.0 Å². The van der Waals surface area contributed by atoms with Gasteiger partial charge < -0.3 is 10.4 Å². The lowest BCUT2D eigenvalue weighted by Gasteiger charge is -2.25. The van der Waals surface area contributed by atoms with E-state index in [1.807, 2.05) is 6.92 Å². The van der Waals surface area contributed by atoms with Crippen LogP contribution in [-0.2, 0) is 9.59 Å². The Kier molecular flexibility index (Phi) is 3.49. The van der Waals surface area contributed by atoms with E-state index in [2.05, 4.69) is 5.32 Å². The van der Waals surface area contributed by atoms with Gasteiger partial charge in [-0.2, -0.15) is 0 Å². The van der Waals surface area contributed by atoms with Gasteiger partial charge in [-0.25, -0.2) is 0 Å². The highest BCUT2D eigenvalue weighted by atomic mass is 16.4. The minimum Gasteiger partial charge on any atom is -0.481 e. The fraction of sp³-hybridized carbons (Fsp3) is 0.800. The second-order valence-corrected chi connectivity index (χ2v) is 4.21. The molecule has 0 heterocycles. The van der Waals surface area contributed by atoms with Crippen molar-refractivity contribution < 1.29 is 14.7 Å². The molecule has 4 heteroatoms. The molecule has 0 aromatic heterocycles. The minimum atomic E-state index is -0.920. The van der Waals surface area contributed by atoms with Gasteiger partial charge in [0.05, 0.1) is 6.42 Å². The summed E-state index contributed by atoms with van der Waals surface area (Å²) < 4.78 is 0. The summed E-state index contributed by atoms with van der Waals surface area (Å²) in [7, 11) is 0. The van der Waals surface area contributed by atoms with Crippen molar-refractivity contribution in [2.75, 3.05) is 0 Å². The van der Waals surface area contributed by atoms with E-state index in [1.165, 1.54) is 0 Å². The molecule has 1 fully saturated rings. The number of carboxylic acids is 1. The number of hydrogen-bond donors (Lipinski definition) is 2. The number of hydrogen-bond acceptors (Lipinski definition) is 2. The van der Waals surface area contributed by atoms with Crippen LogP contribution >= 0.6 is 0 Å². The fourth-order valence-corrected chi connectivity index (χ4v) is 1.90. The Morgan fingerprint density at radius 2 is 1.86 bits per heavy atom. The van der Waals surface area contributed by atoms with Crippen LogP contribution in [0.5, 0.6) is 0 Å². The first-order valence-corrected chi connectivity index (χ1v) is 5.05. The minimum absolute atomic E-state index is 0.0814. The lowest BCUT2D eigenvalue weighted by molar-refractivity contribution is -0.139. The first-order valence-electron chi connectivity index (χ1n) is 5.05. The van der Waals surface area contributed by atoms with Crippen LogP contribution in [0.15, 0.2) is 0 Å². The number of amides is 1. The van der Waals surface area contributed by atoms with Gasteiger partial charge in [-0.1, -0.05) is 12.8 Å². The molecule has 0 unspecified atom stereocenters. The third kappa shape index (κ3) is 3.36. The standard InChI is InChI=1S/C10H17NO3/c1-10(6-2-3-7-10)11-8(12)4-5-9(13)14/h2-7H2,1H3,(H,11,12)(H,13,14). The van der Waals surface area contributed by atoms with E-state index >= 15 is 0 Å². The average molecular weight is 199 g/mol. The third-order valence-electron chi connectivity index (χ3n) is 2.71. The number of carbonyl (C=O) groups is 2. The molecule has 80 valence electrons. The van der Waals surface area contributed by atoms with Gasteiger partial charge in [-0.05, 0) is 19.8 Å². The third-order valence-corrected chi connectivity index (χ3v) is 2.71. The van der Waals surface area contributed by atoms with E-state index in [9.17, 15) is 9.59 Å². The molecular formula is C10H17NO3. The molecule has 0 bridgehead atoms. The first-order chi connectivity index (χ1) is 6.52. The molecule has 1 rings (SSSR count). The van der Waals surface area contributed by atoms with Crippen molar-refractivity contribution in [1.29, 1.82) is 0 Å². The van der Waals surface area contributed by atoms with Crippen LogP contribution in [-0.4, -0.2) is 22.5 Å². The molecule has 0 aliphatic heterocycles. The summed E-state index contributed by atoms with van der Waals surface area (Å²) in [5.41, 5.74) is -0.0877. The van der Waals surface area contributed by atoms with Gasteiger partial charge >= 0.3 is 5.97 Å². The van der Waals surface area contributed by atoms with Crippen LogP contribution in [0.3, 0.4) is 0 Å². The average Bonchev–Trinajstić information content (AvgIpc) is 2.48. The molecule has 0 spiro atoms. The molecule has 0 radical (unpaired) electrons. The summed E-state index contributed by atoms with van der Waals surface area (Å²) >= 11 is 0. The van der Waals surface area contributed by atoms with Crippen molar-refractivity contribution in [2.24, 2.45) is 0 Å². The number of nitrogens with one attached hydrogen (secondary N) is 1. The highest BCUT2D eigenvalue weighted by Crippen LogP contribution is 2.28. The zero-order valence-corrected chi connectivity index (χ0v) is 8.51. The highest BCUT2D eigenvalue weighted by Gasteiger charge is 2.29. The molecule has 1 aliphatic rings.